The van der Waals surface area contributed by atoms with Crippen molar-refractivity contribution in [3.8, 4) is 0 Å². The van der Waals surface area contributed by atoms with Crippen molar-refractivity contribution in [2.45, 2.75) is 51.7 Å². The standard InChI is InChI=1S/C21H29F2N5O/c1-14(2)20-10-16(29-27-20)11-25-21(24-3)26-15-6-5-9-28(12-15)13-17-18(22)7-4-8-19(17)23/h4,7-8,10,14-15H,5-6,9,11-13H2,1-3H3,(H2,24,25,26). The summed E-state index contributed by atoms with van der Waals surface area (Å²) in [6, 6.07) is 6.08. The third kappa shape index (κ3) is 5.76. The molecular formula is C21H29F2N5O. The van der Waals surface area contributed by atoms with Crippen LogP contribution in [0, 0.1) is 11.6 Å². The average molecular weight is 405 g/mol. The third-order valence-corrected chi connectivity index (χ3v) is 5.11. The lowest BCUT2D eigenvalue weighted by Crippen LogP contribution is -2.50. The molecular weight excluding hydrogens is 376 g/mol. The van der Waals surface area contributed by atoms with E-state index in [2.05, 4.69) is 39.5 Å². The summed E-state index contributed by atoms with van der Waals surface area (Å²) in [4.78, 5) is 6.34. The molecule has 1 aromatic heterocycles. The number of halogens is 2. The largest absolute Gasteiger partial charge is 0.359 e. The Bertz CT molecular complexity index is 816. The summed E-state index contributed by atoms with van der Waals surface area (Å²) < 4.78 is 33.3. The highest BCUT2D eigenvalue weighted by Gasteiger charge is 2.23. The van der Waals surface area contributed by atoms with E-state index < -0.39 is 11.6 Å². The van der Waals surface area contributed by atoms with Crippen LogP contribution < -0.4 is 10.6 Å². The number of rotatable bonds is 6. The molecule has 0 saturated carbocycles. The molecule has 6 nitrogen and oxygen atoms in total. The molecule has 29 heavy (non-hydrogen) atoms. The molecule has 8 heteroatoms. The van der Waals surface area contributed by atoms with Gasteiger partial charge < -0.3 is 15.2 Å². The Kier molecular flexibility index (Phi) is 7.19. The number of guanidine groups is 1. The van der Waals surface area contributed by atoms with Gasteiger partial charge in [0, 0.05) is 37.8 Å². The van der Waals surface area contributed by atoms with Crippen molar-refractivity contribution in [1.29, 1.82) is 0 Å². The van der Waals surface area contributed by atoms with E-state index in [-0.39, 0.29) is 18.2 Å². The quantitative estimate of drug-likeness (QED) is 0.570. The molecule has 158 valence electrons. The minimum absolute atomic E-state index is 0.127. The summed E-state index contributed by atoms with van der Waals surface area (Å²) in [6.07, 6.45) is 1.92. The first kappa shape index (κ1) is 21.2. The maximum Gasteiger partial charge on any atom is 0.191 e. The number of likely N-dealkylation sites (tertiary alicyclic amines) is 1. The summed E-state index contributed by atoms with van der Waals surface area (Å²) in [6.45, 7) is 6.38. The van der Waals surface area contributed by atoms with E-state index in [1.165, 1.54) is 18.2 Å². The maximum absolute atomic E-state index is 14.0. The normalized spacial score (nSPS) is 18.3. The van der Waals surface area contributed by atoms with Gasteiger partial charge in [-0.25, -0.2) is 8.78 Å². The highest BCUT2D eigenvalue weighted by atomic mass is 19.1. The van der Waals surface area contributed by atoms with Gasteiger partial charge in [-0.2, -0.15) is 0 Å². The fraction of sp³-hybridized carbons (Fsp3) is 0.524. The molecule has 1 saturated heterocycles. The Labute approximate surface area is 170 Å². The van der Waals surface area contributed by atoms with E-state index in [0.717, 1.165) is 30.8 Å². The van der Waals surface area contributed by atoms with Crippen LogP contribution in [-0.4, -0.2) is 42.2 Å². The van der Waals surface area contributed by atoms with Gasteiger partial charge in [0.05, 0.1) is 12.2 Å². The van der Waals surface area contributed by atoms with Gasteiger partial charge in [0.15, 0.2) is 11.7 Å². The number of aliphatic imine (C=N–C) groups is 1. The van der Waals surface area contributed by atoms with E-state index in [4.69, 9.17) is 4.52 Å². The first-order valence-electron chi connectivity index (χ1n) is 10.0. The van der Waals surface area contributed by atoms with E-state index in [1.54, 1.807) is 7.05 Å². The predicted octanol–water partition coefficient (Wildman–Crippen LogP) is 3.41. The monoisotopic (exact) mass is 405 g/mol. The fourth-order valence-corrected chi connectivity index (χ4v) is 3.47. The number of nitrogens with zero attached hydrogens (tertiary/aromatic N) is 3. The second kappa shape index (κ2) is 9.82. The Morgan fingerprint density at radius 3 is 2.76 bits per heavy atom. The van der Waals surface area contributed by atoms with Crippen LogP contribution in [0.1, 0.15) is 49.6 Å². The second-order valence-electron chi connectivity index (χ2n) is 7.72. The summed E-state index contributed by atoms with van der Waals surface area (Å²) in [7, 11) is 1.71. The smallest absolute Gasteiger partial charge is 0.191 e. The van der Waals surface area contributed by atoms with Gasteiger partial charge in [0.1, 0.15) is 11.6 Å². The zero-order chi connectivity index (χ0) is 20.8. The topological polar surface area (TPSA) is 65.7 Å². The van der Waals surface area contributed by atoms with Gasteiger partial charge in [-0.15, -0.1) is 0 Å². The molecule has 0 aliphatic carbocycles. The first-order valence-corrected chi connectivity index (χ1v) is 10.0. The Balaban J connectivity index is 1.53. The summed E-state index contributed by atoms with van der Waals surface area (Å²) >= 11 is 0. The second-order valence-corrected chi connectivity index (χ2v) is 7.72. The first-order chi connectivity index (χ1) is 14.0. The molecule has 0 amide bonds. The van der Waals surface area contributed by atoms with Crippen molar-refractivity contribution < 1.29 is 13.3 Å². The number of nitrogens with one attached hydrogen (secondary N) is 2. The van der Waals surface area contributed by atoms with Crippen LogP contribution in [0.3, 0.4) is 0 Å². The zero-order valence-corrected chi connectivity index (χ0v) is 17.2. The highest BCUT2D eigenvalue weighted by Crippen LogP contribution is 2.18. The van der Waals surface area contributed by atoms with Crippen LogP contribution in [0.4, 0.5) is 8.78 Å². The van der Waals surface area contributed by atoms with Crippen LogP contribution in [0.2, 0.25) is 0 Å². The lowest BCUT2D eigenvalue weighted by Gasteiger charge is -2.34. The number of hydrogen-bond donors (Lipinski definition) is 2. The Hall–Kier alpha value is -2.48. The molecule has 3 rings (SSSR count). The number of piperidine rings is 1. The molecule has 0 radical (unpaired) electrons. The molecule has 1 fully saturated rings. The van der Waals surface area contributed by atoms with Crippen molar-refractivity contribution >= 4 is 5.96 Å². The Morgan fingerprint density at radius 2 is 2.10 bits per heavy atom. The average Bonchev–Trinajstić information content (AvgIpc) is 3.18. The van der Waals surface area contributed by atoms with Crippen LogP contribution in [-0.2, 0) is 13.1 Å². The van der Waals surface area contributed by atoms with Crippen molar-refractivity contribution in [3.63, 3.8) is 0 Å². The minimum atomic E-state index is -0.495. The summed E-state index contributed by atoms with van der Waals surface area (Å²) in [5, 5.41) is 10.7. The lowest BCUT2D eigenvalue weighted by atomic mass is 10.0. The maximum atomic E-state index is 14.0. The summed E-state index contributed by atoms with van der Waals surface area (Å²) in [5.74, 6) is 0.738. The summed E-state index contributed by atoms with van der Waals surface area (Å²) in [5.41, 5.74) is 1.05. The van der Waals surface area contributed by atoms with Crippen molar-refractivity contribution in [2.75, 3.05) is 20.1 Å². The van der Waals surface area contributed by atoms with Crippen molar-refractivity contribution in [1.82, 2.24) is 20.7 Å². The zero-order valence-electron chi connectivity index (χ0n) is 17.2. The van der Waals surface area contributed by atoms with Crippen molar-refractivity contribution in [2.24, 2.45) is 4.99 Å². The van der Waals surface area contributed by atoms with Gasteiger partial charge in [0.2, 0.25) is 0 Å². The van der Waals surface area contributed by atoms with E-state index >= 15 is 0 Å². The molecule has 1 atom stereocenters. The van der Waals surface area contributed by atoms with Gasteiger partial charge in [-0.3, -0.25) is 9.89 Å². The molecule has 0 bridgehead atoms. The van der Waals surface area contributed by atoms with E-state index in [1.807, 2.05) is 6.07 Å². The van der Waals surface area contributed by atoms with E-state index in [0.29, 0.717) is 25.0 Å². The number of hydrogen-bond acceptors (Lipinski definition) is 4. The van der Waals surface area contributed by atoms with Crippen LogP contribution >= 0.6 is 0 Å². The van der Waals surface area contributed by atoms with E-state index in [9.17, 15) is 8.78 Å². The molecule has 2 heterocycles. The van der Waals surface area contributed by atoms with Gasteiger partial charge in [-0.05, 0) is 37.4 Å². The minimum Gasteiger partial charge on any atom is -0.359 e. The number of benzene rings is 1. The molecule has 0 spiro atoms. The van der Waals surface area contributed by atoms with Crippen LogP contribution in [0.25, 0.3) is 0 Å². The molecule has 1 aromatic carbocycles. The van der Waals surface area contributed by atoms with Gasteiger partial charge in [0.25, 0.3) is 0 Å². The predicted molar refractivity (Wildman–Crippen MR) is 109 cm³/mol. The molecule has 1 unspecified atom stereocenters. The van der Waals surface area contributed by atoms with Gasteiger partial charge >= 0.3 is 0 Å². The highest BCUT2D eigenvalue weighted by molar-refractivity contribution is 5.79. The molecule has 2 N–H and O–H groups in total. The Morgan fingerprint density at radius 1 is 1.34 bits per heavy atom. The number of aromatic nitrogens is 1. The third-order valence-electron chi connectivity index (χ3n) is 5.11. The van der Waals surface area contributed by atoms with Crippen LogP contribution in [0.15, 0.2) is 33.8 Å². The molecule has 2 aromatic rings. The fourth-order valence-electron chi connectivity index (χ4n) is 3.47. The van der Waals surface area contributed by atoms with Crippen molar-refractivity contribution in [3.05, 3.63) is 52.9 Å². The molecule has 1 aliphatic rings. The molecule has 1 aliphatic heterocycles. The van der Waals surface area contributed by atoms with Crippen LogP contribution in [0.5, 0.6) is 0 Å². The van der Waals surface area contributed by atoms with Gasteiger partial charge in [-0.1, -0.05) is 25.1 Å². The SMILES string of the molecule is CN=C(NCc1cc(C(C)C)no1)NC1CCCN(Cc2c(F)cccc2F)C1. The lowest BCUT2D eigenvalue weighted by molar-refractivity contribution is 0.188.